The Kier molecular flexibility index (Phi) is 6.79. The fourth-order valence-corrected chi connectivity index (χ4v) is 3.45. The minimum absolute atomic E-state index is 0.262. The number of hydrogen-bond acceptors (Lipinski definition) is 5. The predicted octanol–water partition coefficient (Wildman–Crippen LogP) is 5.48. The van der Waals surface area contributed by atoms with Crippen LogP contribution in [0.5, 0.6) is 23.0 Å². The van der Waals surface area contributed by atoms with Crippen molar-refractivity contribution in [2.75, 3.05) is 13.4 Å². The van der Waals surface area contributed by atoms with Gasteiger partial charge in [-0.25, -0.2) is 4.39 Å². The summed E-state index contributed by atoms with van der Waals surface area (Å²) < 4.78 is 35.5. The normalized spacial score (nSPS) is 12.1. The second-order valence-corrected chi connectivity index (χ2v) is 7.44. The van der Waals surface area contributed by atoms with Crippen LogP contribution in [0, 0.1) is 5.82 Å². The number of ether oxygens (including phenoxy) is 4. The van der Waals surface area contributed by atoms with Crippen molar-refractivity contribution < 1.29 is 23.3 Å². The van der Waals surface area contributed by atoms with Gasteiger partial charge in [0.05, 0.1) is 6.61 Å². The molecule has 1 N–H and O–H groups in total. The molecule has 5 nitrogen and oxygen atoms in total. The van der Waals surface area contributed by atoms with Crippen LogP contribution in [0.4, 0.5) is 4.39 Å². The molecule has 31 heavy (non-hydrogen) atoms. The molecule has 0 radical (unpaired) electrons. The van der Waals surface area contributed by atoms with Crippen molar-refractivity contribution in [2.45, 2.75) is 26.6 Å². The lowest BCUT2D eigenvalue weighted by Gasteiger charge is -2.15. The standard InChI is InChI=1S/C24H23ClFNO4/c1-2-28-23-10-18(13-27-12-17-5-8-21-22(9-17)31-15-30-21)20(25)11-24(23)29-14-16-3-6-19(26)7-4-16/h3-11,27H,2,12-15H2,1H3. The minimum atomic E-state index is -0.278. The van der Waals surface area contributed by atoms with Gasteiger partial charge in [0.1, 0.15) is 12.4 Å². The largest absolute Gasteiger partial charge is 0.490 e. The Labute approximate surface area is 185 Å². The quantitative estimate of drug-likeness (QED) is 0.475. The lowest BCUT2D eigenvalue weighted by atomic mass is 10.1. The molecule has 1 heterocycles. The second-order valence-electron chi connectivity index (χ2n) is 7.03. The van der Waals surface area contributed by atoms with E-state index in [-0.39, 0.29) is 12.6 Å². The van der Waals surface area contributed by atoms with Gasteiger partial charge in [-0.1, -0.05) is 29.8 Å². The van der Waals surface area contributed by atoms with E-state index in [9.17, 15) is 4.39 Å². The van der Waals surface area contributed by atoms with Crippen LogP contribution in [0.15, 0.2) is 54.6 Å². The summed E-state index contributed by atoms with van der Waals surface area (Å²) in [5, 5.41) is 3.97. The first-order valence-electron chi connectivity index (χ1n) is 10.0. The zero-order chi connectivity index (χ0) is 21.6. The third-order valence-corrected chi connectivity index (χ3v) is 5.15. The molecule has 4 rings (SSSR count). The molecule has 0 saturated carbocycles. The van der Waals surface area contributed by atoms with Gasteiger partial charge in [0.25, 0.3) is 0 Å². The summed E-state index contributed by atoms with van der Waals surface area (Å²) in [6.07, 6.45) is 0. The van der Waals surface area contributed by atoms with Crippen molar-refractivity contribution in [1.82, 2.24) is 5.32 Å². The van der Waals surface area contributed by atoms with Crippen molar-refractivity contribution >= 4 is 11.6 Å². The number of fused-ring (bicyclic) bond motifs is 1. The average molecular weight is 444 g/mol. The molecule has 0 aromatic heterocycles. The lowest BCUT2D eigenvalue weighted by Crippen LogP contribution is -2.13. The third-order valence-electron chi connectivity index (χ3n) is 4.80. The Hall–Kier alpha value is -2.96. The maximum Gasteiger partial charge on any atom is 0.231 e. The molecule has 7 heteroatoms. The van der Waals surface area contributed by atoms with Gasteiger partial charge < -0.3 is 24.3 Å². The fraction of sp³-hybridized carbons (Fsp3) is 0.250. The number of nitrogens with one attached hydrogen (secondary N) is 1. The second kappa shape index (κ2) is 9.90. The zero-order valence-electron chi connectivity index (χ0n) is 17.1. The summed E-state index contributed by atoms with van der Waals surface area (Å²) in [5.41, 5.74) is 2.85. The van der Waals surface area contributed by atoms with Gasteiger partial charge in [-0.15, -0.1) is 0 Å². The van der Waals surface area contributed by atoms with Crippen LogP contribution in [-0.2, 0) is 19.7 Å². The number of benzene rings is 3. The van der Waals surface area contributed by atoms with E-state index in [1.54, 1.807) is 18.2 Å². The third kappa shape index (κ3) is 5.40. The van der Waals surface area contributed by atoms with Gasteiger partial charge in [-0.2, -0.15) is 0 Å². The van der Waals surface area contributed by atoms with Crippen LogP contribution in [0.1, 0.15) is 23.6 Å². The van der Waals surface area contributed by atoms with Crippen LogP contribution in [0.2, 0.25) is 5.02 Å². The summed E-state index contributed by atoms with van der Waals surface area (Å²) in [6.45, 7) is 4.18. The van der Waals surface area contributed by atoms with E-state index in [2.05, 4.69) is 5.32 Å². The molecule has 0 amide bonds. The summed E-state index contributed by atoms with van der Waals surface area (Å²) >= 11 is 6.50. The molecule has 162 valence electrons. The summed E-state index contributed by atoms with van der Waals surface area (Å²) in [4.78, 5) is 0. The lowest BCUT2D eigenvalue weighted by molar-refractivity contribution is 0.174. The van der Waals surface area contributed by atoms with Crippen LogP contribution < -0.4 is 24.3 Å². The molecule has 1 aliphatic heterocycles. The van der Waals surface area contributed by atoms with Gasteiger partial charge in [0, 0.05) is 24.2 Å². The molecule has 0 aliphatic carbocycles. The maximum absolute atomic E-state index is 13.1. The van der Waals surface area contributed by atoms with Gasteiger partial charge in [0.2, 0.25) is 6.79 Å². The highest BCUT2D eigenvalue weighted by Crippen LogP contribution is 2.35. The first-order chi connectivity index (χ1) is 15.1. The van der Waals surface area contributed by atoms with Crippen LogP contribution >= 0.6 is 11.6 Å². The van der Waals surface area contributed by atoms with Crippen LogP contribution in [-0.4, -0.2) is 13.4 Å². The Morgan fingerprint density at radius 1 is 0.903 bits per heavy atom. The first kappa shape index (κ1) is 21.3. The maximum atomic E-state index is 13.1. The SMILES string of the molecule is CCOc1cc(CNCc2ccc3c(c2)OCO3)c(Cl)cc1OCc1ccc(F)cc1. The average Bonchev–Trinajstić information content (AvgIpc) is 3.24. The highest BCUT2D eigenvalue weighted by atomic mass is 35.5. The van der Waals surface area contributed by atoms with E-state index in [1.165, 1.54) is 12.1 Å². The topological polar surface area (TPSA) is 49.0 Å². The van der Waals surface area contributed by atoms with Crippen molar-refractivity contribution in [2.24, 2.45) is 0 Å². The highest BCUT2D eigenvalue weighted by molar-refractivity contribution is 6.31. The molecular weight excluding hydrogens is 421 g/mol. The fourth-order valence-electron chi connectivity index (χ4n) is 3.23. The van der Waals surface area contributed by atoms with E-state index < -0.39 is 0 Å². The molecule has 1 aliphatic rings. The van der Waals surface area contributed by atoms with E-state index in [1.807, 2.05) is 31.2 Å². The van der Waals surface area contributed by atoms with Crippen LogP contribution in [0.25, 0.3) is 0 Å². The number of rotatable bonds is 9. The minimum Gasteiger partial charge on any atom is -0.490 e. The van der Waals surface area contributed by atoms with E-state index in [4.69, 9.17) is 30.5 Å². The predicted molar refractivity (Wildman–Crippen MR) is 116 cm³/mol. The number of hydrogen-bond donors (Lipinski definition) is 1. The molecule has 3 aromatic carbocycles. The van der Waals surface area contributed by atoms with Gasteiger partial charge >= 0.3 is 0 Å². The van der Waals surface area contributed by atoms with Crippen molar-refractivity contribution in [3.05, 3.63) is 82.1 Å². The Morgan fingerprint density at radius 3 is 2.45 bits per heavy atom. The van der Waals surface area contributed by atoms with E-state index in [0.29, 0.717) is 42.8 Å². The van der Waals surface area contributed by atoms with E-state index >= 15 is 0 Å². The summed E-state index contributed by atoms with van der Waals surface area (Å²) in [5.74, 6) is 2.42. The van der Waals surface area contributed by atoms with Crippen molar-refractivity contribution in [3.63, 3.8) is 0 Å². The molecule has 0 unspecified atom stereocenters. The Balaban J connectivity index is 1.40. The van der Waals surface area contributed by atoms with Gasteiger partial charge in [0.15, 0.2) is 23.0 Å². The highest BCUT2D eigenvalue weighted by Gasteiger charge is 2.14. The van der Waals surface area contributed by atoms with E-state index in [0.717, 1.165) is 28.2 Å². The Bertz CT molecular complexity index is 1040. The molecule has 0 atom stereocenters. The molecule has 0 bridgehead atoms. The Morgan fingerprint density at radius 2 is 1.65 bits per heavy atom. The smallest absolute Gasteiger partial charge is 0.231 e. The monoisotopic (exact) mass is 443 g/mol. The molecular formula is C24H23ClFNO4. The molecule has 3 aromatic rings. The van der Waals surface area contributed by atoms with Gasteiger partial charge in [-0.05, 0) is 53.9 Å². The van der Waals surface area contributed by atoms with Crippen molar-refractivity contribution in [3.8, 4) is 23.0 Å². The zero-order valence-corrected chi connectivity index (χ0v) is 17.9. The molecule has 0 fully saturated rings. The first-order valence-corrected chi connectivity index (χ1v) is 10.4. The van der Waals surface area contributed by atoms with Gasteiger partial charge in [-0.3, -0.25) is 0 Å². The molecule has 0 spiro atoms. The summed E-state index contributed by atoms with van der Waals surface area (Å²) in [7, 11) is 0. The van der Waals surface area contributed by atoms with Crippen molar-refractivity contribution in [1.29, 1.82) is 0 Å². The molecule has 0 saturated heterocycles. The van der Waals surface area contributed by atoms with Crippen LogP contribution in [0.3, 0.4) is 0 Å². The number of halogens is 2. The summed E-state index contributed by atoms with van der Waals surface area (Å²) in [6, 6.07) is 15.7.